The van der Waals surface area contributed by atoms with Crippen molar-refractivity contribution < 1.29 is 22.3 Å². The zero-order valence-electron chi connectivity index (χ0n) is 6.61. The number of hydrogen-bond acceptors (Lipinski definition) is 2. The zero-order valence-corrected chi connectivity index (χ0v) is 7.36. The van der Waals surface area contributed by atoms with Crippen molar-refractivity contribution in [2.24, 2.45) is 0 Å². The third-order valence-electron chi connectivity index (χ3n) is 1.19. The molecule has 1 rings (SSSR count). The first-order valence-electron chi connectivity index (χ1n) is 3.39. The summed E-state index contributed by atoms with van der Waals surface area (Å²) in [4.78, 5) is 3.24. The van der Waals surface area contributed by atoms with Crippen molar-refractivity contribution in [1.82, 2.24) is 4.98 Å². The van der Waals surface area contributed by atoms with Crippen LogP contribution in [0.25, 0.3) is 0 Å². The first-order chi connectivity index (χ1) is 6.40. The van der Waals surface area contributed by atoms with E-state index in [1.165, 1.54) is 0 Å². The second-order valence-electron chi connectivity index (χ2n) is 2.30. The van der Waals surface area contributed by atoms with Crippen molar-refractivity contribution in [3.63, 3.8) is 0 Å². The minimum absolute atomic E-state index is 0.0223. The molecule has 78 valence electrons. The van der Waals surface area contributed by atoms with Gasteiger partial charge >= 0.3 is 6.36 Å². The number of nitrogens with zero attached hydrogens (tertiary/aromatic N) is 1. The lowest BCUT2D eigenvalue weighted by Crippen LogP contribution is -2.17. The van der Waals surface area contributed by atoms with Gasteiger partial charge < -0.3 is 4.74 Å². The quantitative estimate of drug-likeness (QED) is 0.442. The van der Waals surface area contributed by atoms with Crippen molar-refractivity contribution in [2.75, 3.05) is 0 Å². The van der Waals surface area contributed by atoms with Gasteiger partial charge in [0.1, 0.15) is 5.75 Å². The summed E-state index contributed by atoms with van der Waals surface area (Å²) >= 11 is 5.28. The number of pyridine rings is 1. The van der Waals surface area contributed by atoms with Crippen LogP contribution in [-0.2, 0) is 5.88 Å². The van der Waals surface area contributed by atoms with Crippen LogP contribution in [0.2, 0.25) is 0 Å². The molecule has 0 aliphatic heterocycles. The van der Waals surface area contributed by atoms with Crippen LogP contribution >= 0.6 is 11.6 Å². The van der Waals surface area contributed by atoms with Crippen molar-refractivity contribution in [3.05, 3.63) is 23.8 Å². The van der Waals surface area contributed by atoms with Gasteiger partial charge in [0.15, 0.2) is 0 Å². The molecule has 1 heterocycles. The van der Waals surface area contributed by atoms with Crippen molar-refractivity contribution in [1.29, 1.82) is 0 Å². The van der Waals surface area contributed by atoms with E-state index in [4.69, 9.17) is 11.6 Å². The monoisotopic (exact) mass is 229 g/mol. The van der Waals surface area contributed by atoms with Gasteiger partial charge in [0, 0.05) is 12.1 Å². The fourth-order valence-corrected chi connectivity index (χ4v) is 0.923. The maximum Gasteiger partial charge on any atom is 0.573 e. The van der Waals surface area contributed by atoms with Crippen LogP contribution in [0.1, 0.15) is 5.69 Å². The molecule has 0 aromatic carbocycles. The molecule has 0 radical (unpaired) electrons. The zero-order chi connectivity index (χ0) is 10.8. The summed E-state index contributed by atoms with van der Waals surface area (Å²) in [6.07, 6.45) is -4.85. The van der Waals surface area contributed by atoms with Crippen molar-refractivity contribution in [3.8, 4) is 5.75 Å². The lowest BCUT2D eigenvalue weighted by molar-refractivity contribution is -0.274. The highest BCUT2D eigenvalue weighted by atomic mass is 35.5. The molecule has 0 unspecified atom stereocenters. The Kier molecular flexibility index (Phi) is 3.15. The highest BCUT2D eigenvalue weighted by Gasteiger charge is 2.31. The summed E-state index contributed by atoms with van der Waals surface area (Å²) in [5.41, 5.74) is -0.0223. The summed E-state index contributed by atoms with van der Waals surface area (Å²) in [5.74, 6) is -1.92. The first kappa shape index (κ1) is 11.0. The molecule has 0 saturated heterocycles. The Hall–Kier alpha value is -1.04. The topological polar surface area (TPSA) is 22.1 Å². The molecule has 0 fully saturated rings. The van der Waals surface area contributed by atoms with E-state index in [0.717, 1.165) is 6.07 Å². The lowest BCUT2D eigenvalue weighted by atomic mass is 10.3. The Morgan fingerprint density at radius 3 is 2.50 bits per heavy atom. The van der Waals surface area contributed by atoms with E-state index in [9.17, 15) is 17.6 Å². The first-order valence-corrected chi connectivity index (χ1v) is 3.92. The van der Waals surface area contributed by atoms with E-state index in [1.54, 1.807) is 0 Å². The summed E-state index contributed by atoms with van der Waals surface area (Å²) in [5, 5.41) is 0. The van der Waals surface area contributed by atoms with Gasteiger partial charge in [0.05, 0.1) is 11.6 Å². The fraction of sp³-hybridized carbons (Fsp3) is 0.286. The molecular formula is C7H4ClF4NO. The average Bonchev–Trinajstić information content (AvgIpc) is 1.99. The molecular weight excluding hydrogens is 226 g/mol. The van der Waals surface area contributed by atoms with E-state index in [-0.39, 0.29) is 11.6 Å². The van der Waals surface area contributed by atoms with Gasteiger partial charge in [0.2, 0.25) is 5.95 Å². The molecule has 2 nitrogen and oxygen atoms in total. The smallest absolute Gasteiger partial charge is 0.406 e. The van der Waals surface area contributed by atoms with Gasteiger partial charge in [-0.1, -0.05) is 0 Å². The number of halogens is 5. The molecule has 1 aromatic rings. The molecule has 0 saturated carbocycles. The van der Waals surface area contributed by atoms with Crippen LogP contribution in [0.15, 0.2) is 12.1 Å². The van der Waals surface area contributed by atoms with Crippen LogP contribution in [-0.4, -0.2) is 11.3 Å². The van der Waals surface area contributed by atoms with E-state index in [2.05, 4.69) is 9.72 Å². The Bertz CT molecular complexity index is 328. The van der Waals surface area contributed by atoms with E-state index in [0.29, 0.717) is 6.07 Å². The van der Waals surface area contributed by atoms with Crippen molar-refractivity contribution >= 4 is 11.6 Å². The molecule has 1 aromatic heterocycles. The van der Waals surface area contributed by atoms with Crippen molar-refractivity contribution in [2.45, 2.75) is 12.2 Å². The number of aromatic nitrogens is 1. The predicted octanol–water partition coefficient (Wildman–Crippen LogP) is 2.86. The molecule has 0 aliphatic carbocycles. The molecule has 7 heteroatoms. The number of alkyl halides is 4. The van der Waals surface area contributed by atoms with Gasteiger partial charge in [-0.25, -0.2) is 4.98 Å². The van der Waals surface area contributed by atoms with Crippen LogP contribution in [0.4, 0.5) is 17.6 Å². The standard InChI is InChI=1S/C7H4ClF4NO/c8-3-4-1-5(2-6(9)13-4)14-7(10,11)12/h1-2H,3H2. The summed E-state index contributed by atoms with van der Waals surface area (Å²) in [6.45, 7) is 0. The third-order valence-corrected chi connectivity index (χ3v) is 1.46. The average molecular weight is 230 g/mol. The molecule has 14 heavy (non-hydrogen) atoms. The van der Waals surface area contributed by atoms with Crippen LogP contribution in [0.5, 0.6) is 5.75 Å². The normalized spacial score (nSPS) is 11.5. The highest BCUT2D eigenvalue weighted by Crippen LogP contribution is 2.23. The second-order valence-corrected chi connectivity index (χ2v) is 2.57. The Morgan fingerprint density at radius 1 is 1.36 bits per heavy atom. The van der Waals surface area contributed by atoms with E-state index >= 15 is 0 Å². The molecule has 0 bridgehead atoms. The molecule has 0 spiro atoms. The lowest BCUT2D eigenvalue weighted by Gasteiger charge is -2.08. The molecule has 0 N–H and O–H groups in total. The SMILES string of the molecule is Fc1cc(OC(F)(F)F)cc(CCl)n1. The molecule has 0 amide bonds. The minimum atomic E-state index is -4.85. The van der Waals surface area contributed by atoms with Gasteiger partial charge in [-0.05, 0) is 0 Å². The van der Waals surface area contributed by atoms with E-state index < -0.39 is 18.1 Å². The Balaban J connectivity index is 2.92. The van der Waals surface area contributed by atoms with Crippen LogP contribution in [0.3, 0.4) is 0 Å². The maximum absolute atomic E-state index is 12.6. The van der Waals surface area contributed by atoms with Crippen LogP contribution in [0, 0.1) is 5.95 Å². The van der Waals surface area contributed by atoms with Gasteiger partial charge in [-0.15, -0.1) is 24.8 Å². The third kappa shape index (κ3) is 3.37. The highest BCUT2D eigenvalue weighted by molar-refractivity contribution is 6.16. The van der Waals surface area contributed by atoms with Crippen LogP contribution < -0.4 is 4.74 Å². The van der Waals surface area contributed by atoms with Gasteiger partial charge in [0.25, 0.3) is 0 Å². The Morgan fingerprint density at radius 2 is 2.00 bits per heavy atom. The van der Waals surface area contributed by atoms with Gasteiger partial charge in [-0.2, -0.15) is 4.39 Å². The largest absolute Gasteiger partial charge is 0.573 e. The Labute approximate surface area is 81.5 Å². The number of hydrogen-bond donors (Lipinski definition) is 0. The predicted molar refractivity (Wildman–Crippen MR) is 40.4 cm³/mol. The fourth-order valence-electron chi connectivity index (χ4n) is 0.786. The summed E-state index contributed by atoms with van der Waals surface area (Å²) in [6, 6.07) is 1.45. The van der Waals surface area contributed by atoms with Gasteiger partial charge in [-0.3, -0.25) is 0 Å². The molecule has 0 aliphatic rings. The summed E-state index contributed by atoms with van der Waals surface area (Å²) < 4.78 is 51.2. The summed E-state index contributed by atoms with van der Waals surface area (Å²) in [7, 11) is 0. The van der Waals surface area contributed by atoms with E-state index in [1.807, 2.05) is 0 Å². The maximum atomic E-state index is 12.6. The minimum Gasteiger partial charge on any atom is -0.406 e. The second kappa shape index (κ2) is 4.00. The number of ether oxygens (including phenoxy) is 1. The molecule has 0 atom stereocenters. The number of rotatable bonds is 2.